The van der Waals surface area contributed by atoms with E-state index in [-0.39, 0.29) is 3.91 Å². The molecular formula is C6H10INO2. The zero-order chi connectivity index (χ0) is 7.40. The fraction of sp³-hybridized carbons (Fsp3) is 0.833. The Morgan fingerprint density at radius 1 is 1.50 bits per heavy atom. The van der Waals surface area contributed by atoms with Gasteiger partial charge in [-0.05, 0) is 12.8 Å². The summed E-state index contributed by atoms with van der Waals surface area (Å²) in [5.74, 6) is 0. The van der Waals surface area contributed by atoms with Crippen molar-refractivity contribution in [3.05, 3.63) is 0 Å². The molecule has 0 spiro atoms. The Morgan fingerprint density at radius 2 is 2.10 bits per heavy atom. The molecule has 3 nitrogen and oxygen atoms in total. The second kappa shape index (κ2) is 4.12. The van der Waals surface area contributed by atoms with Crippen molar-refractivity contribution in [1.82, 2.24) is 5.32 Å². The summed E-state index contributed by atoms with van der Waals surface area (Å²) in [7, 11) is 0. The summed E-state index contributed by atoms with van der Waals surface area (Å²) in [5.41, 5.74) is 0. The van der Waals surface area contributed by atoms with E-state index in [0.29, 0.717) is 6.04 Å². The van der Waals surface area contributed by atoms with E-state index in [0.717, 1.165) is 26.1 Å². The van der Waals surface area contributed by atoms with Crippen LogP contribution in [0, 0.1) is 0 Å². The van der Waals surface area contributed by atoms with Gasteiger partial charge in [0.2, 0.25) is 0 Å². The van der Waals surface area contributed by atoms with Crippen molar-refractivity contribution in [3.63, 3.8) is 0 Å². The van der Waals surface area contributed by atoms with E-state index in [4.69, 9.17) is 4.74 Å². The second-order valence-electron chi connectivity index (χ2n) is 2.30. The monoisotopic (exact) mass is 255 g/mol. The predicted octanol–water partition coefficient (Wildman–Crippen LogP) is 1.31. The van der Waals surface area contributed by atoms with E-state index >= 15 is 0 Å². The fourth-order valence-electron chi connectivity index (χ4n) is 1.00. The first-order valence-electron chi connectivity index (χ1n) is 3.33. The number of hydrogen-bond acceptors (Lipinski definition) is 2. The molecule has 1 aliphatic heterocycles. The van der Waals surface area contributed by atoms with Crippen LogP contribution in [-0.4, -0.2) is 23.2 Å². The van der Waals surface area contributed by atoms with Crippen LogP contribution in [0.5, 0.6) is 0 Å². The smallest absolute Gasteiger partial charge is 0.280 e. The van der Waals surface area contributed by atoms with Gasteiger partial charge in [-0.15, -0.1) is 0 Å². The molecule has 0 atom stereocenters. The van der Waals surface area contributed by atoms with Crippen molar-refractivity contribution in [2.45, 2.75) is 18.9 Å². The van der Waals surface area contributed by atoms with E-state index in [1.54, 1.807) is 22.6 Å². The van der Waals surface area contributed by atoms with Crippen molar-refractivity contribution in [3.8, 4) is 0 Å². The van der Waals surface area contributed by atoms with E-state index in [1.165, 1.54) is 0 Å². The van der Waals surface area contributed by atoms with Crippen LogP contribution >= 0.6 is 22.6 Å². The minimum Gasteiger partial charge on any atom is -0.381 e. The Labute approximate surface area is 73.6 Å². The van der Waals surface area contributed by atoms with Crippen LogP contribution in [0.3, 0.4) is 0 Å². The normalized spacial score (nSPS) is 20.5. The van der Waals surface area contributed by atoms with Gasteiger partial charge >= 0.3 is 0 Å². The van der Waals surface area contributed by atoms with Crippen molar-refractivity contribution >= 4 is 26.5 Å². The third-order valence-electron chi connectivity index (χ3n) is 1.54. The highest BCUT2D eigenvalue weighted by molar-refractivity contribution is 14.1. The summed E-state index contributed by atoms with van der Waals surface area (Å²) in [6, 6.07) is 0.346. The number of amides is 1. The van der Waals surface area contributed by atoms with Crippen LogP contribution in [0.2, 0.25) is 0 Å². The van der Waals surface area contributed by atoms with Gasteiger partial charge in [0.15, 0.2) is 0 Å². The van der Waals surface area contributed by atoms with Gasteiger partial charge in [0, 0.05) is 41.8 Å². The van der Waals surface area contributed by atoms with Gasteiger partial charge in [0.1, 0.15) is 0 Å². The number of halogens is 1. The number of nitrogens with one attached hydrogen (secondary N) is 1. The number of rotatable bonds is 1. The van der Waals surface area contributed by atoms with Gasteiger partial charge in [0.25, 0.3) is 3.91 Å². The Kier molecular flexibility index (Phi) is 3.41. The third-order valence-corrected chi connectivity index (χ3v) is 1.85. The lowest BCUT2D eigenvalue weighted by Gasteiger charge is -2.21. The molecule has 1 saturated heterocycles. The van der Waals surface area contributed by atoms with Crippen molar-refractivity contribution in [2.24, 2.45) is 0 Å². The molecule has 0 saturated carbocycles. The number of hydrogen-bond donors (Lipinski definition) is 1. The predicted molar refractivity (Wildman–Crippen MR) is 46.4 cm³/mol. The largest absolute Gasteiger partial charge is 0.381 e. The average molecular weight is 255 g/mol. The maximum atomic E-state index is 10.5. The van der Waals surface area contributed by atoms with Gasteiger partial charge < -0.3 is 10.1 Å². The van der Waals surface area contributed by atoms with Crippen molar-refractivity contribution < 1.29 is 9.53 Å². The fourth-order valence-corrected chi connectivity index (χ4v) is 1.44. The zero-order valence-corrected chi connectivity index (χ0v) is 7.76. The first-order chi connectivity index (χ1) is 4.79. The van der Waals surface area contributed by atoms with Gasteiger partial charge in [0.05, 0.1) is 0 Å². The highest BCUT2D eigenvalue weighted by Gasteiger charge is 2.13. The quantitative estimate of drug-likeness (QED) is 0.436. The summed E-state index contributed by atoms with van der Waals surface area (Å²) in [5, 5.41) is 2.85. The number of carbonyl (C=O) groups is 1. The van der Waals surface area contributed by atoms with E-state index in [9.17, 15) is 4.79 Å². The maximum Gasteiger partial charge on any atom is 0.280 e. The van der Waals surface area contributed by atoms with E-state index in [1.807, 2.05) is 0 Å². The Bertz CT molecular complexity index is 123. The summed E-state index contributed by atoms with van der Waals surface area (Å²) in [6.45, 7) is 1.56. The molecule has 0 aliphatic carbocycles. The third kappa shape index (κ3) is 2.83. The molecule has 10 heavy (non-hydrogen) atoms. The molecule has 1 heterocycles. The van der Waals surface area contributed by atoms with Gasteiger partial charge in [-0.3, -0.25) is 4.79 Å². The van der Waals surface area contributed by atoms with E-state index < -0.39 is 0 Å². The number of carbonyl (C=O) groups excluding carboxylic acids is 1. The van der Waals surface area contributed by atoms with Crippen molar-refractivity contribution in [1.29, 1.82) is 0 Å². The average Bonchev–Trinajstić information content (AvgIpc) is 1.88. The molecule has 1 rings (SSSR count). The van der Waals surface area contributed by atoms with Crippen LogP contribution in [0.1, 0.15) is 12.8 Å². The SMILES string of the molecule is O=C(I)NC1CCOCC1. The second-order valence-corrected chi connectivity index (χ2v) is 3.28. The Hall–Kier alpha value is 0.160. The molecule has 1 amide bonds. The molecule has 1 fully saturated rings. The lowest BCUT2D eigenvalue weighted by atomic mass is 10.1. The molecule has 1 N–H and O–H groups in total. The molecule has 0 bridgehead atoms. The van der Waals surface area contributed by atoms with Gasteiger partial charge in [-0.2, -0.15) is 0 Å². The number of ether oxygens (including phenoxy) is 1. The molecule has 4 heteroatoms. The summed E-state index contributed by atoms with van der Waals surface area (Å²) in [6.07, 6.45) is 1.91. The summed E-state index contributed by atoms with van der Waals surface area (Å²) < 4.78 is 5.16. The minimum atomic E-state index is 0.0319. The lowest BCUT2D eigenvalue weighted by Crippen LogP contribution is -2.35. The highest BCUT2D eigenvalue weighted by atomic mass is 127. The molecule has 0 aromatic heterocycles. The minimum absolute atomic E-state index is 0.0319. The first-order valence-corrected chi connectivity index (χ1v) is 4.40. The first kappa shape index (κ1) is 8.26. The molecule has 0 unspecified atom stereocenters. The van der Waals surface area contributed by atoms with Crippen LogP contribution in [0.25, 0.3) is 0 Å². The lowest BCUT2D eigenvalue weighted by molar-refractivity contribution is 0.0812. The van der Waals surface area contributed by atoms with Crippen LogP contribution in [-0.2, 0) is 4.74 Å². The van der Waals surface area contributed by atoms with Crippen molar-refractivity contribution in [2.75, 3.05) is 13.2 Å². The Balaban J connectivity index is 2.19. The maximum absolute atomic E-state index is 10.5. The molecule has 58 valence electrons. The molecule has 0 aromatic rings. The van der Waals surface area contributed by atoms with Crippen LogP contribution < -0.4 is 5.32 Å². The summed E-state index contributed by atoms with van der Waals surface area (Å²) >= 11 is 1.75. The Morgan fingerprint density at radius 3 is 2.60 bits per heavy atom. The highest BCUT2D eigenvalue weighted by Crippen LogP contribution is 2.06. The van der Waals surface area contributed by atoms with Crippen LogP contribution in [0.4, 0.5) is 4.79 Å². The van der Waals surface area contributed by atoms with Crippen LogP contribution in [0.15, 0.2) is 0 Å². The standard InChI is InChI=1S/C6H10INO2/c7-6(9)8-5-1-3-10-4-2-5/h5H,1-4H2,(H,8,9). The zero-order valence-electron chi connectivity index (χ0n) is 5.60. The molecule has 0 radical (unpaired) electrons. The topological polar surface area (TPSA) is 38.3 Å². The molecule has 0 aromatic carbocycles. The summed E-state index contributed by atoms with van der Waals surface area (Å²) in [4.78, 5) is 10.5. The van der Waals surface area contributed by atoms with E-state index in [2.05, 4.69) is 5.32 Å². The molecule has 1 aliphatic rings. The van der Waals surface area contributed by atoms with Gasteiger partial charge in [-0.1, -0.05) is 0 Å². The molecular weight excluding hydrogens is 245 g/mol. The van der Waals surface area contributed by atoms with Gasteiger partial charge in [-0.25, -0.2) is 0 Å².